The van der Waals surface area contributed by atoms with E-state index in [1.807, 2.05) is 84.9 Å². The summed E-state index contributed by atoms with van der Waals surface area (Å²) >= 11 is 0. The van der Waals surface area contributed by atoms with Crippen LogP contribution in [0.3, 0.4) is 0 Å². The van der Waals surface area contributed by atoms with E-state index in [2.05, 4.69) is 94.7 Å². The second-order valence-corrected chi connectivity index (χ2v) is 15.1. The molecule has 2 heterocycles. The van der Waals surface area contributed by atoms with E-state index in [4.69, 9.17) is 27.8 Å². The van der Waals surface area contributed by atoms with Gasteiger partial charge in [0.2, 0.25) is 0 Å². The highest BCUT2D eigenvalue weighted by molar-refractivity contribution is 6.30. The van der Waals surface area contributed by atoms with Gasteiger partial charge in [-0.05, 0) is 120 Å². The fraction of sp³-hybridized carbons (Fsp3) is 0.0741. The number of para-hydroxylation sites is 2. The zero-order valence-electron chi connectivity index (χ0n) is 34.5. The third-order valence-corrected chi connectivity index (χ3v) is 11.8. The van der Waals surface area contributed by atoms with Crippen LogP contribution in [0.1, 0.15) is 0 Å². The summed E-state index contributed by atoms with van der Waals surface area (Å²) in [4.78, 5) is 4.43. The molecule has 0 amide bonds. The van der Waals surface area contributed by atoms with E-state index in [1.165, 1.54) is 0 Å². The fourth-order valence-corrected chi connectivity index (χ4v) is 8.93. The first kappa shape index (κ1) is 36.9. The van der Waals surface area contributed by atoms with Gasteiger partial charge in [-0.25, -0.2) is 0 Å². The number of ether oxygens (including phenoxy) is 4. The fourth-order valence-electron chi connectivity index (χ4n) is 8.93. The predicted octanol–water partition coefficient (Wildman–Crippen LogP) is 14.8. The van der Waals surface area contributed by atoms with Crippen molar-refractivity contribution in [2.45, 2.75) is 0 Å². The van der Waals surface area contributed by atoms with E-state index in [-0.39, 0.29) is 0 Å². The van der Waals surface area contributed by atoms with E-state index < -0.39 is 0 Å². The molecule has 0 atom stereocenters. The summed E-state index contributed by atoms with van der Waals surface area (Å²) in [5, 5.41) is 8.33. The van der Waals surface area contributed by atoms with Crippen LogP contribution in [-0.4, -0.2) is 28.4 Å². The van der Waals surface area contributed by atoms with Gasteiger partial charge in [0.1, 0.15) is 22.3 Å². The molecule has 0 saturated carbocycles. The Kier molecular flexibility index (Phi) is 8.86. The molecule has 0 unspecified atom stereocenters. The highest BCUT2D eigenvalue weighted by Gasteiger charge is 2.22. The van der Waals surface area contributed by atoms with Crippen molar-refractivity contribution in [3.8, 4) is 23.0 Å². The van der Waals surface area contributed by atoms with Crippen molar-refractivity contribution >= 4 is 99.5 Å². The van der Waals surface area contributed by atoms with Crippen LogP contribution in [0.4, 0.5) is 34.1 Å². The van der Waals surface area contributed by atoms with Crippen LogP contribution in [-0.2, 0) is 0 Å². The summed E-state index contributed by atoms with van der Waals surface area (Å²) in [7, 11) is 6.61. The number of methoxy groups -OCH3 is 4. The minimum Gasteiger partial charge on any atom is -0.493 e. The summed E-state index contributed by atoms with van der Waals surface area (Å²) in [6, 6.07) is 58.4. The molecule has 8 heteroatoms. The van der Waals surface area contributed by atoms with Gasteiger partial charge in [0, 0.05) is 67.2 Å². The standard InChI is InChI=1S/C54H40N2O6/c1-57-45-25-19-39(31-49(45)59-3)55(35-11-7-5-8-12-35)37-17-23-41-33(29-37)15-21-43-51-47(61-53(41)43)27-28-48-52(51)44-22-16-34-30-38(18-24-42(34)54(44)62-48)56(36-13-9-6-10-14-36)40-20-26-46(58-2)50(32-40)60-4/h5-32H,1-4H3. The maximum absolute atomic E-state index is 6.75. The Morgan fingerprint density at radius 1 is 0.323 bits per heavy atom. The Balaban J connectivity index is 1.03. The predicted molar refractivity (Wildman–Crippen MR) is 252 cm³/mol. The van der Waals surface area contributed by atoms with Crippen molar-refractivity contribution in [3.63, 3.8) is 0 Å². The lowest BCUT2D eigenvalue weighted by atomic mass is 10.0. The number of rotatable bonds is 10. The second-order valence-electron chi connectivity index (χ2n) is 15.1. The summed E-state index contributed by atoms with van der Waals surface area (Å²) in [6.45, 7) is 0. The summed E-state index contributed by atoms with van der Waals surface area (Å²) in [6.07, 6.45) is 0. The van der Waals surface area contributed by atoms with Crippen molar-refractivity contribution in [1.29, 1.82) is 0 Å². The normalized spacial score (nSPS) is 11.5. The number of nitrogens with zero attached hydrogens (tertiary/aromatic N) is 2. The van der Waals surface area contributed by atoms with Gasteiger partial charge in [0.15, 0.2) is 23.0 Å². The SMILES string of the molecule is COc1ccc(N(c2ccccc2)c2ccc3c(ccc4c3oc3ccc5oc6c7ccc(N(c8ccccc8)c8ccc(OC)c(OC)c8)cc7ccc6c5c34)c2)cc1OC. The first-order valence-electron chi connectivity index (χ1n) is 20.4. The highest BCUT2D eigenvalue weighted by atomic mass is 16.5. The minimum absolute atomic E-state index is 0.660. The third kappa shape index (κ3) is 5.91. The lowest BCUT2D eigenvalue weighted by Gasteiger charge is -2.26. The molecule has 11 aromatic rings. The molecule has 8 nitrogen and oxygen atoms in total. The Hall–Kier alpha value is -8.10. The van der Waals surface area contributed by atoms with Crippen molar-refractivity contribution in [1.82, 2.24) is 0 Å². The van der Waals surface area contributed by atoms with Crippen molar-refractivity contribution in [2.75, 3.05) is 38.2 Å². The molecule has 302 valence electrons. The molecule has 0 aliphatic rings. The van der Waals surface area contributed by atoms with E-state index >= 15 is 0 Å². The molecule has 9 aromatic carbocycles. The molecular formula is C54H40N2O6. The van der Waals surface area contributed by atoms with Crippen LogP contribution >= 0.6 is 0 Å². The number of benzene rings is 9. The first-order chi connectivity index (χ1) is 30.5. The first-order valence-corrected chi connectivity index (χ1v) is 20.4. The van der Waals surface area contributed by atoms with Gasteiger partial charge >= 0.3 is 0 Å². The van der Waals surface area contributed by atoms with Gasteiger partial charge in [-0.1, -0.05) is 48.5 Å². The van der Waals surface area contributed by atoms with E-state index in [0.29, 0.717) is 23.0 Å². The van der Waals surface area contributed by atoms with Gasteiger partial charge < -0.3 is 37.6 Å². The molecule has 0 N–H and O–H groups in total. The van der Waals surface area contributed by atoms with Crippen LogP contribution in [0.25, 0.3) is 65.4 Å². The average molecular weight is 813 g/mol. The van der Waals surface area contributed by atoms with Gasteiger partial charge in [-0.3, -0.25) is 0 Å². The molecule has 62 heavy (non-hydrogen) atoms. The molecule has 0 spiro atoms. The second kappa shape index (κ2) is 14.9. The Morgan fingerprint density at radius 3 is 1.10 bits per heavy atom. The van der Waals surface area contributed by atoms with Crippen LogP contribution in [0, 0.1) is 0 Å². The molecule has 0 bridgehead atoms. The maximum atomic E-state index is 6.75. The number of fused-ring (bicyclic) bond motifs is 11. The van der Waals surface area contributed by atoms with Crippen LogP contribution in [0.5, 0.6) is 23.0 Å². The quantitative estimate of drug-likeness (QED) is 0.135. The number of anilines is 6. The number of furan rings is 2. The Labute approximate surface area is 357 Å². The Morgan fingerprint density at radius 2 is 0.694 bits per heavy atom. The topological polar surface area (TPSA) is 69.7 Å². The van der Waals surface area contributed by atoms with Gasteiger partial charge in [-0.2, -0.15) is 0 Å². The van der Waals surface area contributed by atoms with Crippen molar-refractivity contribution < 1.29 is 27.8 Å². The molecule has 0 aliphatic carbocycles. The maximum Gasteiger partial charge on any atom is 0.162 e. The zero-order chi connectivity index (χ0) is 41.9. The minimum atomic E-state index is 0.660. The molecule has 0 aliphatic heterocycles. The lowest BCUT2D eigenvalue weighted by molar-refractivity contribution is 0.355. The molecule has 0 fully saturated rings. The molecular weight excluding hydrogens is 773 g/mol. The summed E-state index contributed by atoms with van der Waals surface area (Å²) < 4.78 is 36.0. The number of hydrogen-bond acceptors (Lipinski definition) is 8. The molecule has 0 radical (unpaired) electrons. The van der Waals surface area contributed by atoms with Gasteiger partial charge in [0.25, 0.3) is 0 Å². The van der Waals surface area contributed by atoms with Crippen LogP contribution < -0.4 is 28.7 Å². The van der Waals surface area contributed by atoms with E-state index in [9.17, 15) is 0 Å². The average Bonchev–Trinajstić information content (AvgIpc) is 3.91. The third-order valence-electron chi connectivity index (χ3n) is 11.8. The van der Waals surface area contributed by atoms with Crippen LogP contribution in [0.2, 0.25) is 0 Å². The summed E-state index contributed by atoms with van der Waals surface area (Å²) in [5.41, 5.74) is 9.24. The summed E-state index contributed by atoms with van der Waals surface area (Å²) in [5.74, 6) is 2.67. The zero-order valence-corrected chi connectivity index (χ0v) is 34.5. The largest absolute Gasteiger partial charge is 0.493 e. The number of hydrogen-bond donors (Lipinski definition) is 0. The lowest BCUT2D eigenvalue weighted by Crippen LogP contribution is -2.10. The highest BCUT2D eigenvalue weighted by Crippen LogP contribution is 2.46. The van der Waals surface area contributed by atoms with Crippen molar-refractivity contribution in [3.05, 3.63) is 170 Å². The smallest absolute Gasteiger partial charge is 0.162 e. The van der Waals surface area contributed by atoms with Gasteiger partial charge in [-0.15, -0.1) is 0 Å². The Bertz CT molecular complexity index is 3250. The molecule has 0 saturated heterocycles. The van der Waals surface area contributed by atoms with Crippen LogP contribution in [0.15, 0.2) is 179 Å². The van der Waals surface area contributed by atoms with Gasteiger partial charge in [0.05, 0.1) is 39.8 Å². The molecule has 2 aromatic heterocycles. The van der Waals surface area contributed by atoms with E-state index in [1.54, 1.807) is 28.4 Å². The van der Waals surface area contributed by atoms with Crippen molar-refractivity contribution in [2.24, 2.45) is 0 Å². The monoisotopic (exact) mass is 812 g/mol. The molecule has 11 rings (SSSR count). The van der Waals surface area contributed by atoms with E-state index in [0.717, 1.165) is 99.5 Å².